The van der Waals surface area contributed by atoms with Gasteiger partial charge >= 0.3 is 11.9 Å². The third-order valence-electron chi connectivity index (χ3n) is 5.09. The molecular formula is C23H23NO6. The number of nitriles is 1. The molecule has 0 aromatic heterocycles. The van der Waals surface area contributed by atoms with E-state index in [0.717, 1.165) is 5.56 Å². The van der Waals surface area contributed by atoms with E-state index in [1.54, 1.807) is 54.6 Å². The highest BCUT2D eigenvalue weighted by molar-refractivity contribution is 5.90. The fraction of sp³-hybridized carbons (Fsp3) is 0.348. The summed E-state index contributed by atoms with van der Waals surface area (Å²) >= 11 is 0. The maximum atomic E-state index is 12.6. The van der Waals surface area contributed by atoms with Gasteiger partial charge in [-0.1, -0.05) is 35.9 Å². The van der Waals surface area contributed by atoms with Crippen molar-refractivity contribution in [2.45, 2.75) is 44.2 Å². The van der Waals surface area contributed by atoms with Gasteiger partial charge in [-0.15, -0.1) is 0 Å². The fourth-order valence-corrected chi connectivity index (χ4v) is 3.33. The molecule has 0 radical (unpaired) electrons. The molecule has 0 spiro atoms. The van der Waals surface area contributed by atoms with Gasteiger partial charge in [0.15, 0.2) is 6.10 Å². The van der Waals surface area contributed by atoms with Crippen molar-refractivity contribution in [2.75, 3.05) is 6.61 Å². The number of benzene rings is 2. The Morgan fingerprint density at radius 1 is 1.10 bits per heavy atom. The van der Waals surface area contributed by atoms with Gasteiger partial charge in [0.25, 0.3) is 0 Å². The summed E-state index contributed by atoms with van der Waals surface area (Å²) < 4.78 is 16.6. The molecule has 30 heavy (non-hydrogen) atoms. The van der Waals surface area contributed by atoms with Crippen LogP contribution in [0.4, 0.5) is 0 Å². The van der Waals surface area contributed by atoms with Crippen LogP contribution in [0.15, 0.2) is 54.6 Å². The summed E-state index contributed by atoms with van der Waals surface area (Å²) in [4.78, 5) is 24.9. The molecule has 0 amide bonds. The van der Waals surface area contributed by atoms with Crippen molar-refractivity contribution in [3.8, 4) is 6.07 Å². The van der Waals surface area contributed by atoms with Crippen LogP contribution < -0.4 is 0 Å². The van der Waals surface area contributed by atoms with Gasteiger partial charge in [-0.3, -0.25) is 0 Å². The molecule has 1 saturated heterocycles. The third kappa shape index (κ3) is 4.67. The first-order valence-electron chi connectivity index (χ1n) is 9.57. The molecule has 2 unspecified atom stereocenters. The summed E-state index contributed by atoms with van der Waals surface area (Å²) in [5.41, 5.74) is 0.0478. The molecule has 2 aromatic rings. The van der Waals surface area contributed by atoms with Gasteiger partial charge < -0.3 is 19.3 Å². The Balaban J connectivity index is 1.75. The predicted octanol–water partition coefficient (Wildman–Crippen LogP) is 2.81. The maximum Gasteiger partial charge on any atom is 0.338 e. The highest BCUT2D eigenvalue weighted by Crippen LogP contribution is 2.35. The molecule has 1 aliphatic heterocycles. The molecule has 7 nitrogen and oxygen atoms in total. The first-order chi connectivity index (χ1) is 14.3. The van der Waals surface area contributed by atoms with Crippen molar-refractivity contribution in [2.24, 2.45) is 0 Å². The van der Waals surface area contributed by atoms with Crippen LogP contribution in [0.3, 0.4) is 0 Å². The lowest BCUT2D eigenvalue weighted by Gasteiger charge is -2.29. The smallest absolute Gasteiger partial charge is 0.338 e. The van der Waals surface area contributed by atoms with Crippen LogP contribution in [0.25, 0.3) is 0 Å². The molecule has 0 saturated carbocycles. The van der Waals surface area contributed by atoms with Gasteiger partial charge in [0, 0.05) is 0 Å². The quantitative estimate of drug-likeness (QED) is 0.731. The van der Waals surface area contributed by atoms with E-state index in [9.17, 15) is 14.7 Å². The minimum Gasteiger partial charge on any atom is -0.459 e. The van der Waals surface area contributed by atoms with Crippen LogP contribution in [0.1, 0.15) is 39.6 Å². The summed E-state index contributed by atoms with van der Waals surface area (Å²) in [6.07, 6.45) is -3.03. The Hall–Kier alpha value is -3.21. The molecule has 2 aromatic carbocycles. The van der Waals surface area contributed by atoms with Crippen LogP contribution in [-0.2, 0) is 14.2 Å². The van der Waals surface area contributed by atoms with Gasteiger partial charge in [-0.2, -0.15) is 5.26 Å². The molecule has 3 rings (SSSR count). The molecule has 7 heteroatoms. The Kier molecular flexibility index (Phi) is 6.50. The number of rotatable bonds is 6. The largest absolute Gasteiger partial charge is 0.459 e. The first-order valence-corrected chi connectivity index (χ1v) is 9.57. The highest BCUT2D eigenvalue weighted by Gasteiger charge is 2.55. The van der Waals surface area contributed by atoms with Crippen LogP contribution in [0.2, 0.25) is 0 Å². The average Bonchev–Trinajstić information content (AvgIpc) is 2.97. The topological polar surface area (TPSA) is 106 Å². The second-order valence-corrected chi connectivity index (χ2v) is 7.41. The summed E-state index contributed by atoms with van der Waals surface area (Å²) in [6.45, 7) is 3.10. The van der Waals surface area contributed by atoms with E-state index in [0.29, 0.717) is 11.1 Å². The zero-order valence-corrected chi connectivity index (χ0v) is 16.8. The van der Waals surface area contributed by atoms with Crippen molar-refractivity contribution in [1.29, 1.82) is 5.26 Å². The van der Waals surface area contributed by atoms with E-state index >= 15 is 0 Å². The second kappa shape index (κ2) is 9.08. The number of hydrogen-bond donors (Lipinski definition) is 1. The normalized spacial score (nSPS) is 25.3. The number of aryl methyl sites for hydroxylation is 1. The summed E-state index contributed by atoms with van der Waals surface area (Å²) in [6, 6.07) is 17.2. The Bertz CT molecular complexity index is 932. The third-order valence-corrected chi connectivity index (χ3v) is 5.09. The lowest BCUT2D eigenvalue weighted by molar-refractivity contribution is -0.0721. The number of aliphatic hydroxyl groups is 1. The average molecular weight is 409 g/mol. The van der Waals surface area contributed by atoms with Gasteiger partial charge in [-0.25, -0.2) is 9.59 Å². The maximum absolute atomic E-state index is 12.6. The zero-order valence-electron chi connectivity index (χ0n) is 16.8. The number of nitrogens with zero attached hydrogens (tertiary/aromatic N) is 1. The molecular weight excluding hydrogens is 386 g/mol. The Labute approximate surface area is 174 Å². The van der Waals surface area contributed by atoms with Crippen LogP contribution in [0.5, 0.6) is 0 Å². The molecule has 156 valence electrons. The monoisotopic (exact) mass is 409 g/mol. The van der Waals surface area contributed by atoms with Crippen molar-refractivity contribution in [1.82, 2.24) is 0 Å². The van der Waals surface area contributed by atoms with Crippen LogP contribution in [-0.4, -0.2) is 47.6 Å². The number of esters is 2. The molecule has 0 aliphatic carbocycles. The number of carbonyl (C=O) groups is 2. The van der Waals surface area contributed by atoms with Crippen LogP contribution in [0, 0.1) is 18.3 Å². The van der Waals surface area contributed by atoms with Crippen molar-refractivity contribution in [3.63, 3.8) is 0 Å². The second-order valence-electron chi connectivity index (χ2n) is 7.41. The summed E-state index contributed by atoms with van der Waals surface area (Å²) in [5, 5.41) is 20.0. The molecule has 1 aliphatic rings. The molecule has 1 N–H and O–H groups in total. The molecule has 1 heterocycles. The van der Waals surface area contributed by atoms with Gasteiger partial charge in [0.1, 0.15) is 24.4 Å². The van der Waals surface area contributed by atoms with E-state index in [1.807, 2.05) is 13.0 Å². The van der Waals surface area contributed by atoms with Crippen molar-refractivity contribution in [3.05, 3.63) is 71.3 Å². The SMILES string of the molecule is Cc1ccc(C(=O)O[C@@H]2C(COC(=O)c3ccccc3)OC(CC#N)[C@]2(C)O)cc1. The molecule has 4 atom stereocenters. The van der Waals surface area contributed by atoms with Crippen molar-refractivity contribution >= 4 is 11.9 Å². The number of carbonyl (C=O) groups excluding carboxylic acids is 2. The fourth-order valence-electron chi connectivity index (χ4n) is 3.33. The summed E-state index contributed by atoms with van der Waals surface area (Å²) in [5.74, 6) is -1.20. The van der Waals surface area contributed by atoms with Crippen LogP contribution >= 0.6 is 0 Å². The number of hydrogen-bond acceptors (Lipinski definition) is 7. The highest BCUT2D eigenvalue weighted by atomic mass is 16.6. The van der Waals surface area contributed by atoms with Crippen molar-refractivity contribution < 1.29 is 28.9 Å². The number of ether oxygens (including phenoxy) is 3. The molecule has 1 fully saturated rings. The Morgan fingerprint density at radius 2 is 1.73 bits per heavy atom. The first kappa shape index (κ1) is 21.5. The minimum absolute atomic E-state index is 0.102. The summed E-state index contributed by atoms with van der Waals surface area (Å²) in [7, 11) is 0. The zero-order chi connectivity index (χ0) is 21.7. The van der Waals surface area contributed by atoms with E-state index < -0.39 is 35.9 Å². The van der Waals surface area contributed by atoms with Gasteiger partial charge in [0.05, 0.1) is 23.6 Å². The van der Waals surface area contributed by atoms with E-state index in [2.05, 4.69) is 0 Å². The van der Waals surface area contributed by atoms with E-state index in [4.69, 9.17) is 19.5 Å². The Morgan fingerprint density at radius 3 is 2.37 bits per heavy atom. The lowest BCUT2D eigenvalue weighted by atomic mass is 9.91. The van der Waals surface area contributed by atoms with E-state index in [-0.39, 0.29) is 13.0 Å². The molecule has 0 bridgehead atoms. The standard InChI is InChI=1S/C23H23NO6/c1-15-8-10-17(11-9-15)22(26)30-20-18(29-19(12-13-24)23(20,2)27)14-28-21(25)16-6-4-3-5-7-16/h3-11,18-20,27H,12,14H2,1-2H3/t18?,19?,20-,23+/m1/s1. The van der Waals surface area contributed by atoms with Gasteiger partial charge in [0.2, 0.25) is 0 Å². The minimum atomic E-state index is -1.63. The predicted molar refractivity (Wildman–Crippen MR) is 107 cm³/mol. The lowest BCUT2D eigenvalue weighted by Crippen LogP contribution is -2.48. The van der Waals surface area contributed by atoms with E-state index in [1.165, 1.54) is 6.92 Å². The van der Waals surface area contributed by atoms with Gasteiger partial charge in [-0.05, 0) is 38.1 Å².